The van der Waals surface area contributed by atoms with Crippen LogP contribution in [0.3, 0.4) is 0 Å². The second-order valence-electron chi connectivity index (χ2n) is 5.40. The molecule has 2 aromatic rings. The average Bonchev–Trinajstić information content (AvgIpc) is 3.10. The van der Waals surface area contributed by atoms with Crippen LogP contribution in [0.25, 0.3) is 5.57 Å². The third-order valence-corrected chi connectivity index (χ3v) is 3.74. The van der Waals surface area contributed by atoms with Gasteiger partial charge in [0, 0.05) is 18.7 Å². The van der Waals surface area contributed by atoms with Crippen LogP contribution in [0.15, 0.2) is 36.4 Å². The molecule has 0 saturated heterocycles. The normalized spacial score (nSPS) is 15.5. The molecule has 1 aliphatic heterocycles. The summed E-state index contributed by atoms with van der Waals surface area (Å²) in [5, 5.41) is 14.2. The predicted octanol–water partition coefficient (Wildman–Crippen LogP) is 2.15. The number of unbranched alkanes of at least 4 members (excludes halogenated alkanes) is 1. The average molecular weight is 299 g/mol. The first-order valence-electron chi connectivity index (χ1n) is 7.75. The van der Waals surface area contributed by atoms with Crippen molar-refractivity contribution in [1.82, 2.24) is 25.5 Å². The SMILES string of the molecule is C1=C(c2nn[nH]n2)CN(CCCCOc2ccccc2)CC1. The third-order valence-electron chi connectivity index (χ3n) is 3.74. The van der Waals surface area contributed by atoms with E-state index >= 15 is 0 Å². The van der Waals surface area contributed by atoms with Crippen LogP contribution in [0.1, 0.15) is 25.1 Å². The number of ether oxygens (including phenoxy) is 1. The highest BCUT2D eigenvalue weighted by molar-refractivity contribution is 5.61. The van der Waals surface area contributed by atoms with E-state index < -0.39 is 0 Å². The molecule has 116 valence electrons. The van der Waals surface area contributed by atoms with E-state index in [1.54, 1.807) is 0 Å². The highest BCUT2D eigenvalue weighted by atomic mass is 16.5. The maximum Gasteiger partial charge on any atom is 0.201 e. The lowest BCUT2D eigenvalue weighted by molar-refractivity contribution is 0.266. The summed E-state index contributed by atoms with van der Waals surface area (Å²) in [6.45, 7) is 3.85. The van der Waals surface area contributed by atoms with Gasteiger partial charge in [0.05, 0.1) is 6.61 Å². The van der Waals surface area contributed by atoms with Gasteiger partial charge in [0.2, 0.25) is 5.82 Å². The van der Waals surface area contributed by atoms with Gasteiger partial charge in [-0.25, -0.2) is 0 Å². The molecule has 0 fully saturated rings. The van der Waals surface area contributed by atoms with Gasteiger partial charge in [-0.3, -0.25) is 4.90 Å². The molecule has 0 radical (unpaired) electrons. The standard InChI is InChI=1S/C16H21N5O/c1-2-8-15(9-3-1)22-12-5-4-10-21-11-6-7-14(13-21)16-17-19-20-18-16/h1-3,7-9H,4-6,10-13H2,(H,17,18,19,20). The van der Waals surface area contributed by atoms with Crippen LogP contribution in [0, 0.1) is 0 Å². The Morgan fingerprint density at radius 2 is 2.09 bits per heavy atom. The molecule has 0 aliphatic carbocycles. The van der Waals surface area contributed by atoms with Gasteiger partial charge < -0.3 is 4.74 Å². The Balaban J connectivity index is 1.35. The minimum Gasteiger partial charge on any atom is -0.494 e. The van der Waals surface area contributed by atoms with Crippen LogP contribution in [-0.2, 0) is 0 Å². The molecule has 1 aromatic heterocycles. The number of benzene rings is 1. The molecule has 1 aromatic carbocycles. The van der Waals surface area contributed by atoms with E-state index in [4.69, 9.17) is 4.74 Å². The zero-order valence-corrected chi connectivity index (χ0v) is 12.6. The molecule has 0 unspecified atom stereocenters. The molecule has 2 heterocycles. The summed E-state index contributed by atoms with van der Waals surface area (Å²) >= 11 is 0. The van der Waals surface area contributed by atoms with Gasteiger partial charge in [0.25, 0.3) is 0 Å². The predicted molar refractivity (Wildman–Crippen MR) is 84.4 cm³/mol. The first kappa shape index (κ1) is 14.7. The third kappa shape index (κ3) is 4.14. The number of aromatic amines is 1. The minimum absolute atomic E-state index is 0.720. The fraction of sp³-hybridized carbons (Fsp3) is 0.438. The van der Waals surface area contributed by atoms with Crippen molar-refractivity contribution in [2.24, 2.45) is 0 Å². The lowest BCUT2D eigenvalue weighted by Crippen LogP contribution is -2.30. The monoisotopic (exact) mass is 299 g/mol. The van der Waals surface area contributed by atoms with E-state index in [0.29, 0.717) is 0 Å². The largest absolute Gasteiger partial charge is 0.494 e. The number of aromatic nitrogens is 4. The number of H-pyrrole nitrogens is 1. The van der Waals surface area contributed by atoms with Gasteiger partial charge >= 0.3 is 0 Å². The van der Waals surface area contributed by atoms with Gasteiger partial charge in [0.15, 0.2) is 0 Å². The summed E-state index contributed by atoms with van der Waals surface area (Å²) in [6.07, 6.45) is 5.45. The lowest BCUT2D eigenvalue weighted by atomic mass is 10.1. The Hall–Kier alpha value is -2.21. The molecule has 6 nitrogen and oxygen atoms in total. The van der Waals surface area contributed by atoms with Crippen LogP contribution in [0.5, 0.6) is 5.75 Å². The molecule has 0 amide bonds. The zero-order chi connectivity index (χ0) is 15.0. The summed E-state index contributed by atoms with van der Waals surface area (Å²) < 4.78 is 5.71. The Kier molecular flexibility index (Phi) is 5.15. The van der Waals surface area contributed by atoms with E-state index in [2.05, 4.69) is 31.6 Å². The van der Waals surface area contributed by atoms with E-state index in [1.807, 2.05) is 30.3 Å². The van der Waals surface area contributed by atoms with E-state index in [-0.39, 0.29) is 0 Å². The van der Waals surface area contributed by atoms with Gasteiger partial charge in [0.1, 0.15) is 5.75 Å². The molecule has 0 saturated carbocycles. The molecule has 6 heteroatoms. The van der Waals surface area contributed by atoms with Gasteiger partial charge in [-0.1, -0.05) is 24.3 Å². The van der Waals surface area contributed by atoms with Crippen molar-refractivity contribution in [3.8, 4) is 5.75 Å². The number of hydrogen-bond donors (Lipinski definition) is 1. The molecule has 0 bridgehead atoms. The maximum atomic E-state index is 5.71. The Bertz CT molecular complexity index is 582. The maximum absolute atomic E-state index is 5.71. The summed E-state index contributed by atoms with van der Waals surface area (Å²) in [5.74, 6) is 1.67. The summed E-state index contributed by atoms with van der Waals surface area (Å²) in [7, 11) is 0. The number of rotatable bonds is 7. The van der Waals surface area contributed by atoms with Gasteiger partial charge in [-0.2, -0.15) is 5.21 Å². The van der Waals surface area contributed by atoms with Gasteiger partial charge in [-0.05, 0) is 43.2 Å². The molecule has 22 heavy (non-hydrogen) atoms. The topological polar surface area (TPSA) is 66.9 Å². The molecular formula is C16H21N5O. The second kappa shape index (κ2) is 7.70. The van der Waals surface area contributed by atoms with Crippen molar-refractivity contribution in [1.29, 1.82) is 0 Å². The van der Waals surface area contributed by atoms with Crippen molar-refractivity contribution >= 4 is 5.57 Å². The second-order valence-corrected chi connectivity index (χ2v) is 5.40. The van der Waals surface area contributed by atoms with Crippen molar-refractivity contribution < 1.29 is 4.74 Å². The van der Waals surface area contributed by atoms with Crippen LogP contribution in [0.2, 0.25) is 0 Å². The van der Waals surface area contributed by atoms with E-state index in [1.165, 1.54) is 5.57 Å². The van der Waals surface area contributed by atoms with E-state index in [0.717, 1.165) is 57.1 Å². The number of para-hydroxylation sites is 1. The summed E-state index contributed by atoms with van der Waals surface area (Å²) in [4.78, 5) is 2.44. The quantitative estimate of drug-likeness (QED) is 0.793. The molecule has 1 aliphatic rings. The fourth-order valence-corrected chi connectivity index (χ4v) is 2.60. The van der Waals surface area contributed by atoms with Crippen LogP contribution in [-0.4, -0.2) is 51.8 Å². The Morgan fingerprint density at radius 3 is 2.91 bits per heavy atom. The lowest BCUT2D eigenvalue weighted by Gasteiger charge is -2.25. The highest BCUT2D eigenvalue weighted by Crippen LogP contribution is 2.17. The number of tetrazole rings is 1. The first-order chi connectivity index (χ1) is 10.9. The summed E-state index contributed by atoms with van der Waals surface area (Å²) in [6, 6.07) is 9.97. The number of nitrogens with one attached hydrogen (secondary N) is 1. The first-order valence-corrected chi connectivity index (χ1v) is 7.75. The fourth-order valence-electron chi connectivity index (χ4n) is 2.60. The molecule has 0 atom stereocenters. The Morgan fingerprint density at radius 1 is 1.18 bits per heavy atom. The van der Waals surface area contributed by atoms with Crippen molar-refractivity contribution in [2.75, 3.05) is 26.2 Å². The van der Waals surface area contributed by atoms with Crippen molar-refractivity contribution in [2.45, 2.75) is 19.3 Å². The van der Waals surface area contributed by atoms with Gasteiger partial charge in [-0.15, -0.1) is 10.2 Å². The molecular weight excluding hydrogens is 278 g/mol. The number of hydrogen-bond acceptors (Lipinski definition) is 5. The molecule has 3 rings (SSSR count). The molecule has 0 spiro atoms. The van der Waals surface area contributed by atoms with Crippen LogP contribution < -0.4 is 4.74 Å². The van der Waals surface area contributed by atoms with Crippen LogP contribution in [0.4, 0.5) is 0 Å². The van der Waals surface area contributed by atoms with Crippen molar-refractivity contribution in [3.05, 3.63) is 42.2 Å². The summed E-state index contributed by atoms with van der Waals surface area (Å²) in [5.41, 5.74) is 1.17. The smallest absolute Gasteiger partial charge is 0.201 e. The molecule has 1 N–H and O–H groups in total. The van der Waals surface area contributed by atoms with Crippen LogP contribution >= 0.6 is 0 Å². The zero-order valence-electron chi connectivity index (χ0n) is 12.6. The van der Waals surface area contributed by atoms with E-state index in [9.17, 15) is 0 Å². The van der Waals surface area contributed by atoms with Crippen molar-refractivity contribution in [3.63, 3.8) is 0 Å². The minimum atomic E-state index is 0.720. The highest BCUT2D eigenvalue weighted by Gasteiger charge is 2.16. The Labute approximate surface area is 130 Å². The number of nitrogens with zero attached hydrogens (tertiary/aromatic N) is 4.